The maximum absolute atomic E-state index is 13.2. The lowest BCUT2D eigenvalue weighted by Crippen LogP contribution is -2.41. The van der Waals surface area contributed by atoms with Crippen molar-refractivity contribution in [3.05, 3.63) is 28.5 Å². The summed E-state index contributed by atoms with van der Waals surface area (Å²) in [5.74, 6) is 0. The average Bonchev–Trinajstić information content (AvgIpc) is 2.41. The van der Waals surface area contributed by atoms with E-state index in [1.54, 1.807) is 6.07 Å². The first-order valence-electron chi connectivity index (χ1n) is 7.90. The molecule has 1 rings (SSSR count). The normalized spacial score (nSPS) is 14.7. The number of hydrogen-bond donors (Lipinski definition) is 1. The average molecular weight is 427 g/mol. The Labute approximate surface area is 151 Å². The van der Waals surface area contributed by atoms with Crippen LogP contribution in [0.25, 0.3) is 0 Å². The molecule has 0 saturated heterocycles. The Balaban J connectivity index is 2.55. The first kappa shape index (κ1) is 21.6. The van der Waals surface area contributed by atoms with Gasteiger partial charge in [0.05, 0.1) is 5.69 Å². The van der Waals surface area contributed by atoms with Crippen LogP contribution in [0.4, 0.5) is 13.2 Å². The van der Waals surface area contributed by atoms with Crippen LogP contribution in [-0.4, -0.2) is 32.6 Å². The van der Waals surface area contributed by atoms with Crippen molar-refractivity contribution in [2.75, 3.05) is 13.2 Å². The SMILES string of the molecule is CC(C)(C)[Si](C)(C)OCCCNC(c1ccc(Br)cn1)C(F)(F)F. The van der Waals surface area contributed by atoms with Crippen LogP contribution in [0.1, 0.15) is 38.9 Å². The number of hydrogen-bond acceptors (Lipinski definition) is 3. The highest BCUT2D eigenvalue weighted by Gasteiger charge is 2.41. The van der Waals surface area contributed by atoms with Crippen LogP contribution >= 0.6 is 15.9 Å². The Morgan fingerprint density at radius 2 is 1.88 bits per heavy atom. The minimum atomic E-state index is -4.39. The first-order valence-corrected chi connectivity index (χ1v) is 11.6. The minimum absolute atomic E-state index is 0.0315. The van der Waals surface area contributed by atoms with Gasteiger partial charge in [0.15, 0.2) is 8.32 Å². The van der Waals surface area contributed by atoms with Crippen molar-refractivity contribution in [3.63, 3.8) is 0 Å². The Morgan fingerprint density at radius 3 is 2.33 bits per heavy atom. The Bertz CT molecular complexity index is 516. The van der Waals surface area contributed by atoms with E-state index in [2.05, 4.69) is 60.1 Å². The molecule has 0 bridgehead atoms. The van der Waals surface area contributed by atoms with Gasteiger partial charge in [-0.3, -0.25) is 4.98 Å². The molecule has 0 spiro atoms. The molecule has 138 valence electrons. The van der Waals surface area contributed by atoms with Gasteiger partial charge in [-0.05, 0) is 59.2 Å². The highest BCUT2D eigenvalue weighted by Crippen LogP contribution is 2.36. The van der Waals surface area contributed by atoms with E-state index in [1.807, 2.05) is 0 Å². The fraction of sp³-hybridized carbons (Fsp3) is 0.688. The molecule has 1 atom stereocenters. The number of alkyl halides is 3. The van der Waals surface area contributed by atoms with E-state index in [-0.39, 0.29) is 17.3 Å². The fourth-order valence-electron chi connectivity index (χ4n) is 1.81. The summed E-state index contributed by atoms with van der Waals surface area (Å²) >= 11 is 3.18. The molecule has 0 aliphatic rings. The largest absolute Gasteiger partial charge is 0.417 e. The van der Waals surface area contributed by atoms with Crippen LogP contribution in [0.2, 0.25) is 18.1 Å². The molecule has 0 aliphatic heterocycles. The van der Waals surface area contributed by atoms with E-state index in [0.717, 1.165) is 0 Å². The molecule has 3 nitrogen and oxygen atoms in total. The molecule has 24 heavy (non-hydrogen) atoms. The molecule has 0 saturated carbocycles. The van der Waals surface area contributed by atoms with E-state index in [9.17, 15) is 13.2 Å². The summed E-state index contributed by atoms with van der Waals surface area (Å²) in [6, 6.07) is 1.17. The van der Waals surface area contributed by atoms with Gasteiger partial charge in [0, 0.05) is 17.3 Å². The predicted octanol–water partition coefficient (Wildman–Crippen LogP) is 5.45. The lowest BCUT2D eigenvalue weighted by molar-refractivity contribution is -0.158. The van der Waals surface area contributed by atoms with Crippen molar-refractivity contribution in [3.8, 4) is 0 Å². The predicted molar refractivity (Wildman–Crippen MR) is 96.5 cm³/mol. The number of nitrogens with zero attached hydrogens (tertiary/aromatic N) is 1. The third kappa shape index (κ3) is 6.46. The first-order chi connectivity index (χ1) is 10.8. The van der Waals surface area contributed by atoms with Gasteiger partial charge in [-0.15, -0.1) is 0 Å². The van der Waals surface area contributed by atoms with Crippen LogP contribution < -0.4 is 5.32 Å². The number of aromatic nitrogens is 1. The minimum Gasteiger partial charge on any atom is -0.417 e. The molecule has 1 aromatic rings. The highest BCUT2D eigenvalue weighted by atomic mass is 79.9. The van der Waals surface area contributed by atoms with Gasteiger partial charge >= 0.3 is 6.18 Å². The zero-order valence-electron chi connectivity index (χ0n) is 14.8. The Morgan fingerprint density at radius 1 is 1.25 bits per heavy atom. The second kappa shape index (κ2) is 8.29. The van der Waals surface area contributed by atoms with Gasteiger partial charge in [0.25, 0.3) is 0 Å². The topological polar surface area (TPSA) is 34.1 Å². The molecule has 8 heteroatoms. The summed E-state index contributed by atoms with van der Waals surface area (Å²) in [5.41, 5.74) is -0.0315. The van der Waals surface area contributed by atoms with Crippen LogP contribution in [0, 0.1) is 0 Å². The molecule has 0 aliphatic carbocycles. The lowest BCUT2D eigenvalue weighted by Gasteiger charge is -2.36. The van der Waals surface area contributed by atoms with Gasteiger partial charge in [0.2, 0.25) is 0 Å². The van der Waals surface area contributed by atoms with Crippen LogP contribution in [0.3, 0.4) is 0 Å². The molecule has 0 amide bonds. The van der Waals surface area contributed by atoms with Crippen molar-refractivity contribution in [2.45, 2.75) is 57.5 Å². The van der Waals surface area contributed by atoms with Crippen LogP contribution in [-0.2, 0) is 4.43 Å². The summed E-state index contributed by atoms with van der Waals surface area (Å²) < 4.78 is 46.3. The van der Waals surface area contributed by atoms with Crippen molar-refractivity contribution < 1.29 is 17.6 Å². The van der Waals surface area contributed by atoms with Crippen LogP contribution in [0.5, 0.6) is 0 Å². The molecular weight excluding hydrogens is 401 g/mol. The monoisotopic (exact) mass is 426 g/mol. The zero-order valence-corrected chi connectivity index (χ0v) is 17.4. The molecule has 1 heterocycles. The third-order valence-electron chi connectivity index (χ3n) is 4.31. The molecule has 0 aromatic carbocycles. The Kier molecular flexibility index (Phi) is 7.46. The molecule has 1 unspecified atom stereocenters. The van der Waals surface area contributed by atoms with Crippen molar-refractivity contribution >= 4 is 24.2 Å². The van der Waals surface area contributed by atoms with Gasteiger partial charge in [-0.25, -0.2) is 0 Å². The number of pyridine rings is 1. The number of halogens is 4. The quantitative estimate of drug-likeness (QED) is 0.464. The molecule has 1 N–H and O–H groups in total. The summed E-state index contributed by atoms with van der Waals surface area (Å²) in [4.78, 5) is 3.86. The van der Waals surface area contributed by atoms with E-state index >= 15 is 0 Å². The zero-order chi connectivity index (χ0) is 18.6. The summed E-state index contributed by atoms with van der Waals surface area (Å²) in [7, 11) is -1.86. The molecule has 1 aromatic heterocycles. The van der Waals surface area contributed by atoms with Crippen molar-refractivity contribution in [2.24, 2.45) is 0 Å². The Hall–Kier alpha value is -0.443. The maximum atomic E-state index is 13.2. The number of rotatable bonds is 7. The third-order valence-corrected chi connectivity index (χ3v) is 9.32. The van der Waals surface area contributed by atoms with E-state index in [0.29, 0.717) is 17.5 Å². The molecule has 0 radical (unpaired) electrons. The van der Waals surface area contributed by atoms with Crippen LogP contribution in [0.15, 0.2) is 22.8 Å². The smallest absolute Gasteiger partial charge is 0.409 e. The standard InChI is InChI=1S/C16H26BrF3N2OSi/c1-15(2,3)24(4,5)23-10-6-9-21-14(16(18,19)20)13-8-7-12(17)11-22-13/h7-8,11,14,21H,6,9-10H2,1-5H3. The van der Waals surface area contributed by atoms with Crippen molar-refractivity contribution in [1.29, 1.82) is 0 Å². The lowest BCUT2D eigenvalue weighted by atomic mass is 10.1. The van der Waals surface area contributed by atoms with Gasteiger partial charge in [-0.2, -0.15) is 13.2 Å². The van der Waals surface area contributed by atoms with E-state index in [4.69, 9.17) is 4.43 Å². The molecule has 0 fully saturated rings. The van der Waals surface area contributed by atoms with Gasteiger partial charge in [0.1, 0.15) is 6.04 Å². The summed E-state index contributed by atoms with van der Waals surface area (Å²) in [6.45, 7) is 11.3. The summed E-state index contributed by atoms with van der Waals surface area (Å²) in [6.07, 6.45) is -2.49. The van der Waals surface area contributed by atoms with Crippen molar-refractivity contribution in [1.82, 2.24) is 10.3 Å². The fourth-order valence-corrected chi connectivity index (χ4v) is 3.13. The second-order valence-electron chi connectivity index (χ2n) is 7.29. The maximum Gasteiger partial charge on any atom is 0.409 e. The molecular formula is C16H26BrF3N2OSi. The van der Waals surface area contributed by atoms with E-state index < -0.39 is 20.5 Å². The van der Waals surface area contributed by atoms with E-state index in [1.165, 1.54) is 12.3 Å². The number of nitrogens with one attached hydrogen (secondary N) is 1. The van der Waals surface area contributed by atoms with Gasteiger partial charge < -0.3 is 9.74 Å². The van der Waals surface area contributed by atoms with Gasteiger partial charge in [-0.1, -0.05) is 20.8 Å². The summed E-state index contributed by atoms with van der Waals surface area (Å²) in [5, 5.41) is 2.65. The second-order valence-corrected chi connectivity index (χ2v) is 13.0. The highest BCUT2D eigenvalue weighted by molar-refractivity contribution is 9.10.